The van der Waals surface area contributed by atoms with E-state index in [0.717, 1.165) is 11.1 Å². The molecular formula is C21H30N4O2S. The number of carbonyl (C=O) groups is 1. The number of nitrogens with zero attached hydrogens (tertiary/aromatic N) is 2. The standard InChI is InChI=1S/C21H30N4O2S/c1-14(25-28(27)21(5,6)7)16-13-17(22-19(26)20(2,3)4)23-24-18(16)15-11-9-8-10-12-15/h8-14,25H,1-7H3,(H,22,23,26)/t14-,28?/m0/s1. The largest absolute Gasteiger partial charge is 0.309 e. The highest BCUT2D eigenvalue weighted by molar-refractivity contribution is 7.84. The summed E-state index contributed by atoms with van der Waals surface area (Å²) in [6.45, 7) is 13.2. The minimum atomic E-state index is -1.25. The molecule has 1 heterocycles. The molecule has 1 aromatic carbocycles. The smallest absolute Gasteiger partial charge is 0.230 e. The van der Waals surface area contributed by atoms with Crippen molar-refractivity contribution in [2.45, 2.75) is 59.3 Å². The summed E-state index contributed by atoms with van der Waals surface area (Å²) in [5.41, 5.74) is 1.88. The number of hydrogen-bond acceptors (Lipinski definition) is 4. The molecule has 28 heavy (non-hydrogen) atoms. The molecule has 0 spiro atoms. The summed E-state index contributed by atoms with van der Waals surface area (Å²) >= 11 is 0. The average molecular weight is 403 g/mol. The number of carbonyl (C=O) groups excluding carboxylic acids is 1. The number of hydrogen-bond donors (Lipinski definition) is 2. The Bertz CT molecular complexity index is 855. The number of rotatable bonds is 5. The summed E-state index contributed by atoms with van der Waals surface area (Å²) in [6, 6.07) is 11.3. The fourth-order valence-electron chi connectivity index (χ4n) is 2.32. The van der Waals surface area contributed by atoms with Crippen molar-refractivity contribution < 1.29 is 9.00 Å². The van der Waals surface area contributed by atoms with E-state index < -0.39 is 21.1 Å². The summed E-state index contributed by atoms with van der Waals surface area (Å²) in [5, 5.41) is 11.4. The third-order valence-electron chi connectivity index (χ3n) is 4.10. The summed E-state index contributed by atoms with van der Waals surface area (Å²) in [7, 11) is -1.25. The Morgan fingerprint density at radius 1 is 1.04 bits per heavy atom. The maximum absolute atomic E-state index is 12.6. The van der Waals surface area contributed by atoms with Crippen LogP contribution in [-0.4, -0.2) is 25.1 Å². The van der Waals surface area contributed by atoms with Gasteiger partial charge in [-0.05, 0) is 33.8 Å². The Balaban J connectivity index is 2.44. The molecule has 6 nitrogen and oxygen atoms in total. The van der Waals surface area contributed by atoms with Crippen LogP contribution in [-0.2, 0) is 15.8 Å². The molecular weight excluding hydrogens is 372 g/mol. The van der Waals surface area contributed by atoms with Gasteiger partial charge in [0.2, 0.25) is 5.91 Å². The maximum atomic E-state index is 12.6. The van der Waals surface area contributed by atoms with Gasteiger partial charge in [-0.25, -0.2) is 8.93 Å². The van der Waals surface area contributed by atoms with Gasteiger partial charge < -0.3 is 5.32 Å². The van der Waals surface area contributed by atoms with Crippen LogP contribution >= 0.6 is 0 Å². The van der Waals surface area contributed by atoms with Crippen molar-refractivity contribution in [3.05, 3.63) is 42.0 Å². The Hall–Kier alpha value is -2.12. The van der Waals surface area contributed by atoms with Crippen molar-refractivity contribution in [2.24, 2.45) is 5.41 Å². The zero-order chi connectivity index (χ0) is 21.1. The van der Waals surface area contributed by atoms with E-state index in [4.69, 9.17) is 0 Å². The van der Waals surface area contributed by atoms with Crippen molar-refractivity contribution in [1.82, 2.24) is 14.9 Å². The molecule has 2 aromatic rings. The summed E-state index contributed by atoms with van der Waals surface area (Å²) in [6.07, 6.45) is 0. The molecule has 0 fully saturated rings. The lowest BCUT2D eigenvalue weighted by atomic mass is 9.95. The Morgan fingerprint density at radius 3 is 2.18 bits per heavy atom. The second-order valence-electron chi connectivity index (χ2n) is 8.82. The first-order chi connectivity index (χ1) is 12.9. The van der Waals surface area contributed by atoms with Crippen LogP contribution in [0.5, 0.6) is 0 Å². The molecule has 1 unspecified atom stereocenters. The molecule has 2 atom stereocenters. The fraction of sp³-hybridized carbons (Fsp3) is 0.476. The van der Waals surface area contributed by atoms with Crippen LogP contribution in [0.1, 0.15) is 60.1 Å². The molecule has 0 saturated heterocycles. The fourth-order valence-corrected chi connectivity index (χ4v) is 3.12. The van der Waals surface area contributed by atoms with Crippen LogP contribution in [0.2, 0.25) is 0 Å². The molecule has 152 valence electrons. The minimum absolute atomic E-state index is 0.140. The van der Waals surface area contributed by atoms with Gasteiger partial charge in [0.25, 0.3) is 0 Å². The van der Waals surface area contributed by atoms with Crippen molar-refractivity contribution in [3.63, 3.8) is 0 Å². The molecule has 0 saturated carbocycles. The van der Waals surface area contributed by atoms with E-state index >= 15 is 0 Å². The molecule has 0 aliphatic carbocycles. The van der Waals surface area contributed by atoms with Gasteiger partial charge in [0, 0.05) is 22.6 Å². The van der Waals surface area contributed by atoms with Crippen LogP contribution in [0.3, 0.4) is 0 Å². The van der Waals surface area contributed by atoms with Gasteiger partial charge in [-0.3, -0.25) is 4.79 Å². The van der Waals surface area contributed by atoms with Gasteiger partial charge >= 0.3 is 0 Å². The van der Waals surface area contributed by atoms with Crippen LogP contribution in [0, 0.1) is 5.41 Å². The van der Waals surface area contributed by atoms with Crippen LogP contribution in [0.4, 0.5) is 5.82 Å². The van der Waals surface area contributed by atoms with E-state index in [1.165, 1.54) is 0 Å². The van der Waals surface area contributed by atoms with Gasteiger partial charge in [0.05, 0.1) is 21.4 Å². The van der Waals surface area contributed by atoms with Crippen molar-refractivity contribution >= 4 is 22.7 Å². The second-order valence-corrected chi connectivity index (χ2v) is 10.8. The summed E-state index contributed by atoms with van der Waals surface area (Å²) in [4.78, 5) is 12.3. The molecule has 7 heteroatoms. The molecule has 0 radical (unpaired) electrons. The first kappa shape index (κ1) is 22.2. The zero-order valence-corrected chi connectivity index (χ0v) is 18.5. The number of anilines is 1. The van der Waals surface area contributed by atoms with E-state index in [1.54, 1.807) is 6.07 Å². The Kier molecular flexibility index (Phi) is 6.72. The van der Waals surface area contributed by atoms with E-state index in [0.29, 0.717) is 11.5 Å². The van der Waals surface area contributed by atoms with Crippen LogP contribution in [0.25, 0.3) is 11.3 Å². The van der Waals surface area contributed by atoms with Gasteiger partial charge in [-0.2, -0.15) is 0 Å². The average Bonchev–Trinajstić information content (AvgIpc) is 2.60. The quantitative estimate of drug-likeness (QED) is 0.783. The zero-order valence-electron chi connectivity index (χ0n) is 17.7. The van der Waals surface area contributed by atoms with E-state index in [-0.39, 0.29) is 11.9 Å². The highest BCUT2D eigenvalue weighted by atomic mass is 32.2. The summed E-state index contributed by atoms with van der Waals surface area (Å²) < 4.78 is 15.3. The maximum Gasteiger partial charge on any atom is 0.230 e. The molecule has 1 amide bonds. The number of aromatic nitrogens is 2. The Morgan fingerprint density at radius 2 is 1.64 bits per heavy atom. The first-order valence-electron chi connectivity index (χ1n) is 9.32. The molecule has 2 N–H and O–H groups in total. The third kappa shape index (κ3) is 5.69. The van der Waals surface area contributed by atoms with Gasteiger partial charge in [0.15, 0.2) is 5.82 Å². The lowest BCUT2D eigenvalue weighted by Gasteiger charge is -2.24. The highest BCUT2D eigenvalue weighted by Crippen LogP contribution is 2.29. The third-order valence-corrected chi connectivity index (χ3v) is 5.78. The predicted octanol–water partition coefficient (Wildman–Crippen LogP) is 4.24. The highest BCUT2D eigenvalue weighted by Gasteiger charge is 2.25. The van der Waals surface area contributed by atoms with Crippen molar-refractivity contribution in [2.75, 3.05) is 5.32 Å². The lowest BCUT2D eigenvalue weighted by molar-refractivity contribution is -0.123. The molecule has 0 aliphatic rings. The minimum Gasteiger partial charge on any atom is -0.309 e. The molecule has 1 aromatic heterocycles. The van der Waals surface area contributed by atoms with Gasteiger partial charge in [-0.1, -0.05) is 51.1 Å². The SMILES string of the molecule is C[C@H](NS(=O)C(C)(C)C)c1cc(NC(=O)C(C)(C)C)nnc1-c1ccccc1. The summed E-state index contributed by atoms with van der Waals surface area (Å²) in [5.74, 6) is 0.240. The van der Waals surface area contributed by atoms with Gasteiger partial charge in [-0.15, -0.1) is 10.2 Å². The number of nitrogens with one attached hydrogen (secondary N) is 2. The van der Waals surface area contributed by atoms with Crippen LogP contribution in [0.15, 0.2) is 36.4 Å². The van der Waals surface area contributed by atoms with E-state index in [2.05, 4.69) is 20.2 Å². The Labute approximate surface area is 170 Å². The molecule has 0 aliphatic heterocycles. The topological polar surface area (TPSA) is 84.0 Å². The van der Waals surface area contributed by atoms with Gasteiger partial charge in [0.1, 0.15) is 0 Å². The lowest BCUT2D eigenvalue weighted by Crippen LogP contribution is -2.35. The predicted molar refractivity (Wildman–Crippen MR) is 115 cm³/mol. The number of amides is 1. The van der Waals surface area contributed by atoms with Crippen molar-refractivity contribution in [1.29, 1.82) is 0 Å². The van der Waals surface area contributed by atoms with Crippen LogP contribution < -0.4 is 10.0 Å². The molecule has 2 rings (SSSR count). The van der Waals surface area contributed by atoms with E-state index in [9.17, 15) is 9.00 Å². The van der Waals surface area contributed by atoms with E-state index in [1.807, 2.05) is 78.8 Å². The second kappa shape index (κ2) is 8.49. The molecule has 0 bridgehead atoms. The first-order valence-corrected chi connectivity index (χ1v) is 10.5. The number of benzene rings is 1. The van der Waals surface area contributed by atoms with Crippen molar-refractivity contribution in [3.8, 4) is 11.3 Å². The monoisotopic (exact) mass is 402 g/mol. The normalized spacial score (nSPS) is 14.4.